The highest BCUT2D eigenvalue weighted by Crippen LogP contribution is 2.16. The molecular formula is C23H19N3O4. The standard InChI is InChI=1S/C23H19N3O4/c27-22(14-9-18-7-4-8-21(15-18)26(29)30)24-19-10-12-20(13-11-19)25-23(28)16-17-5-2-1-3-6-17/h1-15H,16H2,(H,24,27)(H,25,28)/b14-9+. The third-order valence-electron chi connectivity index (χ3n) is 4.15. The van der Waals surface area contributed by atoms with Crippen molar-refractivity contribution in [3.63, 3.8) is 0 Å². The van der Waals surface area contributed by atoms with E-state index in [0.29, 0.717) is 16.9 Å². The molecular weight excluding hydrogens is 382 g/mol. The third kappa shape index (κ3) is 6.13. The number of nitrogens with zero attached hydrogens (tertiary/aromatic N) is 1. The lowest BCUT2D eigenvalue weighted by atomic mass is 10.1. The third-order valence-corrected chi connectivity index (χ3v) is 4.15. The molecule has 3 aromatic rings. The summed E-state index contributed by atoms with van der Waals surface area (Å²) in [6.07, 6.45) is 3.08. The zero-order valence-electron chi connectivity index (χ0n) is 15.9. The number of hydrogen-bond donors (Lipinski definition) is 2. The largest absolute Gasteiger partial charge is 0.326 e. The van der Waals surface area contributed by atoms with E-state index >= 15 is 0 Å². The van der Waals surface area contributed by atoms with E-state index in [4.69, 9.17) is 0 Å². The Labute approximate surface area is 173 Å². The van der Waals surface area contributed by atoms with Crippen molar-refractivity contribution in [2.45, 2.75) is 6.42 Å². The molecule has 2 amide bonds. The van der Waals surface area contributed by atoms with Gasteiger partial charge in [0.25, 0.3) is 5.69 Å². The molecule has 0 unspecified atom stereocenters. The summed E-state index contributed by atoms with van der Waals surface area (Å²) in [4.78, 5) is 34.5. The van der Waals surface area contributed by atoms with Crippen molar-refractivity contribution < 1.29 is 14.5 Å². The molecule has 0 aromatic heterocycles. The van der Waals surface area contributed by atoms with Gasteiger partial charge in [0.1, 0.15) is 0 Å². The van der Waals surface area contributed by atoms with Crippen LogP contribution in [0.3, 0.4) is 0 Å². The lowest BCUT2D eigenvalue weighted by Gasteiger charge is -2.07. The summed E-state index contributed by atoms with van der Waals surface area (Å²) in [6.45, 7) is 0. The molecule has 0 spiro atoms. The predicted octanol–water partition coefficient (Wildman–Crippen LogP) is 4.43. The van der Waals surface area contributed by atoms with Gasteiger partial charge in [-0.25, -0.2) is 0 Å². The van der Waals surface area contributed by atoms with Gasteiger partial charge in [-0.15, -0.1) is 0 Å². The Kier molecular flexibility index (Phi) is 6.68. The molecule has 0 radical (unpaired) electrons. The van der Waals surface area contributed by atoms with Crippen LogP contribution in [0.1, 0.15) is 11.1 Å². The minimum atomic E-state index is -0.488. The van der Waals surface area contributed by atoms with Crippen molar-refractivity contribution in [3.05, 3.63) is 106 Å². The van der Waals surface area contributed by atoms with Gasteiger partial charge in [-0.2, -0.15) is 0 Å². The summed E-state index contributed by atoms with van der Waals surface area (Å²) in [5, 5.41) is 16.3. The Balaban J connectivity index is 1.53. The molecule has 150 valence electrons. The van der Waals surface area contributed by atoms with Gasteiger partial charge in [0.15, 0.2) is 0 Å². The van der Waals surface area contributed by atoms with Gasteiger partial charge in [-0.1, -0.05) is 42.5 Å². The van der Waals surface area contributed by atoms with Crippen molar-refractivity contribution in [1.82, 2.24) is 0 Å². The molecule has 0 fully saturated rings. The fourth-order valence-electron chi connectivity index (χ4n) is 2.72. The highest BCUT2D eigenvalue weighted by molar-refractivity contribution is 6.02. The molecule has 0 aliphatic carbocycles. The maximum atomic E-state index is 12.1. The number of hydrogen-bond acceptors (Lipinski definition) is 4. The smallest absolute Gasteiger partial charge is 0.270 e. The number of nitro benzene ring substituents is 1. The van der Waals surface area contributed by atoms with Crippen LogP contribution in [-0.2, 0) is 16.0 Å². The Hall–Kier alpha value is -4.26. The molecule has 30 heavy (non-hydrogen) atoms. The highest BCUT2D eigenvalue weighted by atomic mass is 16.6. The molecule has 0 aliphatic rings. The number of benzene rings is 3. The molecule has 0 atom stereocenters. The maximum Gasteiger partial charge on any atom is 0.270 e. The molecule has 2 N–H and O–H groups in total. The van der Waals surface area contributed by atoms with Crippen LogP contribution >= 0.6 is 0 Å². The highest BCUT2D eigenvalue weighted by Gasteiger charge is 2.06. The minimum Gasteiger partial charge on any atom is -0.326 e. The monoisotopic (exact) mass is 401 g/mol. The molecule has 0 bridgehead atoms. The summed E-state index contributed by atoms with van der Waals surface area (Å²) in [6, 6.07) is 22.2. The predicted molar refractivity (Wildman–Crippen MR) is 116 cm³/mol. The molecule has 3 rings (SSSR count). The average molecular weight is 401 g/mol. The summed E-state index contributed by atoms with van der Waals surface area (Å²) < 4.78 is 0. The second kappa shape index (κ2) is 9.79. The second-order valence-electron chi connectivity index (χ2n) is 6.46. The van der Waals surface area contributed by atoms with E-state index < -0.39 is 4.92 Å². The maximum absolute atomic E-state index is 12.1. The van der Waals surface area contributed by atoms with Crippen LogP contribution < -0.4 is 10.6 Å². The van der Waals surface area contributed by atoms with E-state index in [1.807, 2.05) is 30.3 Å². The number of nitro groups is 1. The number of carbonyl (C=O) groups excluding carboxylic acids is 2. The van der Waals surface area contributed by atoms with Crippen LogP contribution in [0.25, 0.3) is 6.08 Å². The van der Waals surface area contributed by atoms with Crippen LogP contribution in [0.15, 0.2) is 84.9 Å². The van der Waals surface area contributed by atoms with Crippen LogP contribution in [0.5, 0.6) is 0 Å². The van der Waals surface area contributed by atoms with Gasteiger partial charge in [0.05, 0.1) is 11.3 Å². The number of amides is 2. The number of non-ortho nitro benzene ring substituents is 1. The molecule has 3 aromatic carbocycles. The Morgan fingerprint density at radius 1 is 0.867 bits per heavy atom. The second-order valence-corrected chi connectivity index (χ2v) is 6.46. The van der Waals surface area contributed by atoms with Crippen molar-refractivity contribution in [2.75, 3.05) is 10.6 Å². The summed E-state index contributed by atoms with van der Waals surface area (Å²) in [5.74, 6) is -0.500. The lowest BCUT2D eigenvalue weighted by molar-refractivity contribution is -0.384. The molecule has 0 aliphatic heterocycles. The Bertz CT molecular complexity index is 1080. The van der Waals surface area contributed by atoms with Gasteiger partial charge in [0, 0.05) is 29.6 Å². The number of anilines is 2. The van der Waals surface area contributed by atoms with E-state index in [1.54, 1.807) is 36.4 Å². The van der Waals surface area contributed by atoms with Gasteiger partial charge >= 0.3 is 0 Å². The van der Waals surface area contributed by atoms with Crippen LogP contribution in [0, 0.1) is 10.1 Å². The first kappa shape index (κ1) is 20.5. The number of carbonyl (C=O) groups is 2. The fraction of sp³-hybridized carbons (Fsp3) is 0.0435. The van der Waals surface area contributed by atoms with Crippen LogP contribution in [-0.4, -0.2) is 16.7 Å². The van der Waals surface area contributed by atoms with Gasteiger partial charge < -0.3 is 10.6 Å². The molecule has 0 saturated heterocycles. The number of rotatable bonds is 7. The lowest BCUT2D eigenvalue weighted by Crippen LogP contribution is -2.14. The summed E-state index contributed by atoms with van der Waals surface area (Å²) in [5.41, 5.74) is 2.62. The quantitative estimate of drug-likeness (QED) is 0.347. The van der Waals surface area contributed by atoms with Crippen molar-refractivity contribution >= 4 is 35.0 Å². The van der Waals surface area contributed by atoms with E-state index in [0.717, 1.165) is 5.56 Å². The normalized spacial score (nSPS) is 10.5. The zero-order valence-corrected chi connectivity index (χ0v) is 15.9. The zero-order chi connectivity index (χ0) is 21.3. The molecule has 0 heterocycles. The van der Waals surface area contributed by atoms with Gasteiger partial charge in [0.2, 0.25) is 11.8 Å². The fourth-order valence-corrected chi connectivity index (χ4v) is 2.72. The Morgan fingerprint density at radius 2 is 1.53 bits per heavy atom. The van der Waals surface area contributed by atoms with Crippen LogP contribution in [0.4, 0.5) is 17.1 Å². The van der Waals surface area contributed by atoms with E-state index in [9.17, 15) is 19.7 Å². The average Bonchev–Trinajstić information content (AvgIpc) is 2.74. The first-order valence-corrected chi connectivity index (χ1v) is 9.17. The van der Waals surface area contributed by atoms with Gasteiger partial charge in [-0.05, 0) is 41.5 Å². The molecule has 0 saturated carbocycles. The SMILES string of the molecule is O=C(/C=C/c1cccc([N+](=O)[O-])c1)Nc1ccc(NC(=O)Cc2ccccc2)cc1. The first-order valence-electron chi connectivity index (χ1n) is 9.17. The molecule has 7 nitrogen and oxygen atoms in total. The van der Waals surface area contributed by atoms with E-state index in [1.165, 1.54) is 24.3 Å². The summed E-state index contributed by atoms with van der Waals surface area (Å²) >= 11 is 0. The topological polar surface area (TPSA) is 101 Å². The van der Waals surface area contributed by atoms with Crippen molar-refractivity contribution in [3.8, 4) is 0 Å². The van der Waals surface area contributed by atoms with Crippen molar-refractivity contribution in [2.24, 2.45) is 0 Å². The van der Waals surface area contributed by atoms with E-state index in [-0.39, 0.29) is 23.9 Å². The molecule has 7 heteroatoms. The van der Waals surface area contributed by atoms with Gasteiger partial charge in [-0.3, -0.25) is 19.7 Å². The van der Waals surface area contributed by atoms with E-state index in [2.05, 4.69) is 10.6 Å². The van der Waals surface area contributed by atoms with Crippen molar-refractivity contribution in [1.29, 1.82) is 0 Å². The Morgan fingerprint density at radius 3 is 2.20 bits per heavy atom. The van der Waals surface area contributed by atoms with Crippen LogP contribution in [0.2, 0.25) is 0 Å². The minimum absolute atomic E-state index is 0.0394. The first-order chi connectivity index (χ1) is 14.5. The number of nitrogens with one attached hydrogen (secondary N) is 2. The summed E-state index contributed by atoms with van der Waals surface area (Å²) in [7, 11) is 0.